The lowest BCUT2D eigenvalue weighted by Gasteiger charge is -2.07. The van der Waals surface area contributed by atoms with E-state index in [0.717, 1.165) is 18.3 Å². The number of halogens is 4. The van der Waals surface area contributed by atoms with Gasteiger partial charge in [0.1, 0.15) is 5.82 Å². The molecule has 0 bridgehead atoms. The maximum absolute atomic E-state index is 12.2. The van der Waals surface area contributed by atoms with Crippen LogP contribution in [0.5, 0.6) is 5.88 Å². The van der Waals surface area contributed by atoms with Crippen LogP contribution in [0.3, 0.4) is 0 Å². The zero-order valence-electron chi connectivity index (χ0n) is 6.31. The third-order valence-electron chi connectivity index (χ3n) is 1.08. The minimum atomic E-state index is -4.41. The van der Waals surface area contributed by atoms with E-state index in [-0.39, 0.29) is 5.88 Å². The number of hydrogen-bond donors (Lipinski definition) is 0. The molecule has 0 amide bonds. The van der Waals surface area contributed by atoms with Gasteiger partial charge in [0.15, 0.2) is 6.61 Å². The van der Waals surface area contributed by atoms with Crippen LogP contribution in [0.25, 0.3) is 0 Å². The molecular formula is C7H5F4NO. The molecule has 1 aromatic heterocycles. The number of nitrogens with zero attached hydrogens (tertiary/aromatic N) is 1. The molecule has 72 valence electrons. The molecule has 13 heavy (non-hydrogen) atoms. The number of aromatic nitrogens is 1. The van der Waals surface area contributed by atoms with Crippen LogP contribution in [0.2, 0.25) is 0 Å². The molecule has 1 rings (SSSR count). The second kappa shape index (κ2) is 3.59. The van der Waals surface area contributed by atoms with Gasteiger partial charge in [-0.2, -0.15) is 13.2 Å². The summed E-state index contributed by atoms with van der Waals surface area (Å²) in [5.41, 5.74) is 0. The second-order valence-corrected chi connectivity index (χ2v) is 2.22. The van der Waals surface area contributed by atoms with Crippen molar-refractivity contribution in [2.24, 2.45) is 0 Å². The van der Waals surface area contributed by atoms with Crippen LogP contribution in [0.4, 0.5) is 17.6 Å². The van der Waals surface area contributed by atoms with Crippen molar-refractivity contribution in [1.29, 1.82) is 0 Å². The Labute approximate surface area is 71.2 Å². The van der Waals surface area contributed by atoms with Gasteiger partial charge in [-0.1, -0.05) is 0 Å². The molecule has 1 aromatic rings. The van der Waals surface area contributed by atoms with E-state index in [1.807, 2.05) is 0 Å². The van der Waals surface area contributed by atoms with Crippen molar-refractivity contribution in [2.45, 2.75) is 6.18 Å². The minimum absolute atomic E-state index is 0.251. The van der Waals surface area contributed by atoms with Crippen molar-refractivity contribution in [3.8, 4) is 5.88 Å². The SMILES string of the molecule is Fc1ccc(OCC(F)(F)F)nc1. The van der Waals surface area contributed by atoms with Crippen LogP contribution >= 0.6 is 0 Å². The Kier molecular flexibility index (Phi) is 2.69. The van der Waals surface area contributed by atoms with E-state index in [1.165, 1.54) is 0 Å². The Balaban J connectivity index is 2.51. The first-order valence-corrected chi connectivity index (χ1v) is 3.28. The highest BCUT2D eigenvalue weighted by molar-refractivity contribution is 5.10. The van der Waals surface area contributed by atoms with Crippen molar-refractivity contribution < 1.29 is 22.3 Å². The number of alkyl halides is 3. The highest BCUT2D eigenvalue weighted by Crippen LogP contribution is 2.16. The van der Waals surface area contributed by atoms with Gasteiger partial charge in [-0.15, -0.1) is 0 Å². The van der Waals surface area contributed by atoms with Gasteiger partial charge in [-0.05, 0) is 6.07 Å². The summed E-state index contributed by atoms with van der Waals surface area (Å²) in [7, 11) is 0. The van der Waals surface area contributed by atoms with Crippen molar-refractivity contribution in [3.63, 3.8) is 0 Å². The standard InChI is InChI=1S/C7H5F4NO/c8-5-1-2-6(12-3-5)13-4-7(9,10)11/h1-3H,4H2. The lowest BCUT2D eigenvalue weighted by atomic mass is 10.5. The Morgan fingerprint density at radius 3 is 2.46 bits per heavy atom. The third-order valence-corrected chi connectivity index (χ3v) is 1.08. The topological polar surface area (TPSA) is 22.1 Å². The van der Waals surface area contributed by atoms with Gasteiger partial charge < -0.3 is 4.74 Å². The van der Waals surface area contributed by atoms with Gasteiger partial charge in [0.05, 0.1) is 6.20 Å². The smallest absolute Gasteiger partial charge is 0.422 e. The molecule has 6 heteroatoms. The van der Waals surface area contributed by atoms with Gasteiger partial charge in [0, 0.05) is 6.07 Å². The average molecular weight is 195 g/mol. The zero-order valence-corrected chi connectivity index (χ0v) is 6.31. The molecule has 0 saturated carbocycles. The fourth-order valence-electron chi connectivity index (χ4n) is 0.603. The van der Waals surface area contributed by atoms with Crippen LogP contribution < -0.4 is 4.74 Å². The van der Waals surface area contributed by atoms with E-state index < -0.39 is 18.6 Å². The van der Waals surface area contributed by atoms with Crippen LogP contribution in [0.15, 0.2) is 18.3 Å². The number of ether oxygens (including phenoxy) is 1. The summed E-state index contributed by atoms with van der Waals surface area (Å²) in [4.78, 5) is 3.28. The molecule has 2 nitrogen and oxygen atoms in total. The fourth-order valence-corrected chi connectivity index (χ4v) is 0.603. The maximum Gasteiger partial charge on any atom is 0.422 e. The molecule has 0 radical (unpaired) electrons. The molecular weight excluding hydrogens is 190 g/mol. The second-order valence-electron chi connectivity index (χ2n) is 2.22. The molecule has 1 heterocycles. The average Bonchev–Trinajstić information content (AvgIpc) is 2.02. The monoisotopic (exact) mass is 195 g/mol. The highest BCUT2D eigenvalue weighted by atomic mass is 19.4. The Hall–Kier alpha value is -1.33. The van der Waals surface area contributed by atoms with Crippen molar-refractivity contribution in [1.82, 2.24) is 4.98 Å². The number of hydrogen-bond acceptors (Lipinski definition) is 2. The molecule has 0 aliphatic rings. The van der Waals surface area contributed by atoms with Crippen LogP contribution in [0, 0.1) is 5.82 Å². The molecule has 0 aliphatic carbocycles. The van der Waals surface area contributed by atoms with Crippen molar-refractivity contribution in [3.05, 3.63) is 24.1 Å². The Morgan fingerprint density at radius 2 is 2.00 bits per heavy atom. The first-order chi connectivity index (χ1) is 5.97. The van der Waals surface area contributed by atoms with Gasteiger partial charge in [-0.25, -0.2) is 9.37 Å². The molecule has 0 spiro atoms. The summed E-state index contributed by atoms with van der Waals surface area (Å²) in [5, 5.41) is 0. The summed E-state index contributed by atoms with van der Waals surface area (Å²) in [5.74, 6) is -0.877. The molecule has 0 aromatic carbocycles. The van der Waals surface area contributed by atoms with Crippen molar-refractivity contribution in [2.75, 3.05) is 6.61 Å². The summed E-state index contributed by atoms with van der Waals surface area (Å²) in [6, 6.07) is 2.00. The molecule has 0 unspecified atom stereocenters. The third kappa shape index (κ3) is 3.73. The summed E-state index contributed by atoms with van der Waals surface area (Å²) in [6.07, 6.45) is -3.62. The lowest BCUT2D eigenvalue weighted by Crippen LogP contribution is -2.19. The van der Waals surface area contributed by atoms with Crippen LogP contribution in [-0.2, 0) is 0 Å². The summed E-state index contributed by atoms with van der Waals surface area (Å²) >= 11 is 0. The van der Waals surface area contributed by atoms with E-state index in [9.17, 15) is 17.6 Å². The van der Waals surface area contributed by atoms with Gasteiger partial charge in [0.2, 0.25) is 5.88 Å². The lowest BCUT2D eigenvalue weighted by molar-refractivity contribution is -0.154. The molecule has 0 aliphatic heterocycles. The Bertz CT molecular complexity index is 269. The molecule has 0 atom stereocenters. The maximum atomic E-state index is 12.2. The zero-order chi connectivity index (χ0) is 9.90. The van der Waals surface area contributed by atoms with E-state index in [2.05, 4.69) is 9.72 Å². The normalized spacial score (nSPS) is 11.4. The largest absolute Gasteiger partial charge is 0.468 e. The van der Waals surface area contributed by atoms with Gasteiger partial charge in [-0.3, -0.25) is 0 Å². The number of pyridine rings is 1. The summed E-state index contributed by atoms with van der Waals surface area (Å²) in [6.45, 7) is -1.42. The number of rotatable bonds is 2. The molecule has 0 saturated heterocycles. The van der Waals surface area contributed by atoms with E-state index in [4.69, 9.17) is 0 Å². The highest BCUT2D eigenvalue weighted by Gasteiger charge is 2.28. The first-order valence-electron chi connectivity index (χ1n) is 3.28. The fraction of sp³-hybridized carbons (Fsp3) is 0.286. The van der Waals surface area contributed by atoms with Gasteiger partial charge in [0.25, 0.3) is 0 Å². The summed E-state index contributed by atoms with van der Waals surface area (Å²) < 4.78 is 51.2. The Morgan fingerprint density at radius 1 is 1.31 bits per heavy atom. The van der Waals surface area contributed by atoms with Gasteiger partial charge >= 0.3 is 6.18 Å². The quantitative estimate of drug-likeness (QED) is 0.674. The predicted octanol–water partition coefficient (Wildman–Crippen LogP) is 2.16. The first kappa shape index (κ1) is 9.76. The molecule has 0 N–H and O–H groups in total. The predicted molar refractivity (Wildman–Crippen MR) is 35.7 cm³/mol. The van der Waals surface area contributed by atoms with E-state index in [1.54, 1.807) is 0 Å². The van der Waals surface area contributed by atoms with Crippen molar-refractivity contribution >= 4 is 0 Å². The van der Waals surface area contributed by atoms with Crippen LogP contribution in [-0.4, -0.2) is 17.8 Å². The van der Waals surface area contributed by atoms with Crippen LogP contribution in [0.1, 0.15) is 0 Å². The minimum Gasteiger partial charge on any atom is -0.468 e. The van der Waals surface area contributed by atoms with E-state index >= 15 is 0 Å². The van der Waals surface area contributed by atoms with E-state index in [0.29, 0.717) is 0 Å². The molecule has 0 fully saturated rings.